The van der Waals surface area contributed by atoms with Crippen LogP contribution in [-0.2, 0) is 10.5 Å². The van der Waals surface area contributed by atoms with Gasteiger partial charge in [0.2, 0.25) is 5.72 Å². The number of aromatic nitrogens is 2. The third-order valence-electron chi connectivity index (χ3n) is 4.09. The summed E-state index contributed by atoms with van der Waals surface area (Å²) in [7, 11) is 0. The Kier molecular flexibility index (Phi) is 6.37. The summed E-state index contributed by atoms with van der Waals surface area (Å²) in [6.07, 6.45) is 4.56. The number of aliphatic hydroxyl groups is 2. The van der Waals surface area contributed by atoms with Gasteiger partial charge in [0, 0.05) is 25.1 Å². The Hall–Kier alpha value is -1.88. The van der Waals surface area contributed by atoms with Crippen molar-refractivity contribution in [3.8, 4) is 11.8 Å². The fourth-order valence-electron chi connectivity index (χ4n) is 2.79. The highest BCUT2D eigenvalue weighted by molar-refractivity contribution is 5.16. The molecule has 2 rings (SSSR count). The van der Waals surface area contributed by atoms with E-state index in [0.29, 0.717) is 6.42 Å². The lowest BCUT2D eigenvalue weighted by atomic mass is 10.1. The van der Waals surface area contributed by atoms with Crippen LogP contribution in [0.25, 0.3) is 0 Å². The first-order valence-corrected chi connectivity index (χ1v) is 8.31. The summed E-state index contributed by atoms with van der Waals surface area (Å²) in [5.74, 6) is 5.95. The van der Waals surface area contributed by atoms with Gasteiger partial charge in [-0.1, -0.05) is 32.1 Å². The van der Waals surface area contributed by atoms with Crippen molar-refractivity contribution >= 4 is 0 Å². The molecule has 0 amide bonds. The Balaban J connectivity index is 2.28. The highest BCUT2D eigenvalue weighted by Gasteiger charge is 2.47. The van der Waals surface area contributed by atoms with E-state index in [2.05, 4.69) is 23.7 Å². The van der Waals surface area contributed by atoms with Gasteiger partial charge in [0.05, 0.1) is 12.7 Å². The van der Waals surface area contributed by atoms with Gasteiger partial charge in [0.25, 0.3) is 5.56 Å². The Morgan fingerprint density at radius 1 is 1.42 bits per heavy atom. The van der Waals surface area contributed by atoms with Crippen LogP contribution in [0, 0.1) is 11.8 Å². The van der Waals surface area contributed by atoms with Gasteiger partial charge >= 0.3 is 5.69 Å². The van der Waals surface area contributed by atoms with Gasteiger partial charge < -0.3 is 14.9 Å². The molecule has 0 saturated carbocycles. The molecule has 1 aromatic rings. The van der Waals surface area contributed by atoms with Crippen LogP contribution >= 0.6 is 0 Å². The first-order chi connectivity index (χ1) is 11.5. The highest BCUT2D eigenvalue weighted by Crippen LogP contribution is 2.33. The largest absolute Gasteiger partial charge is 0.394 e. The van der Waals surface area contributed by atoms with Crippen LogP contribution in [0.5, 0.6) is 0 Å². The maximum atomic E-state index is 12.1. The molecule has 0 spiro atoms. The Morgan fingerprint density at radius 3 is 2.83 bits per heavy atom. The Bertz CT molecular complexity index is 714. The summed E-state index contributed by atoms with van der Waals surface area (Å²) >= 11 is 0. The molecule has 7 heteroatoms. The van der Waals surface area contributed by atoms with E-state index in [1.54, 1.807) is 0 Å². The van der Waals surface area contributed by atoms with Crippen molar-refractivity contribution in [3.05, 3.63) is 33.1 Å². The lowest BCUT2D eigenvalue weighted by Crippen LogP contribution is -2.43. The lowest BCUT2D eigenvalue weighted by molar-refractivity contribution is -0.0837. The first-order valence-electron chi connectivity index (χ1n) is 8.31. The number of hydrogen-bond acceptors (Lipinski definition) is 5. The van der Waals surface area contributed by atoms with Crippen molar-refractivity contribution in [1.29, 1.82) is 0 Å². The average molecular weight is 336 g/mol. The molecule has 24 heavy (non-hydrogen) atoms. The second-order valence-electron chi connectivity index (χ2n) is 5.99. The maximum Gasteiger partial charge on any atom is 0.331 e. The zero-order chi connectivity index (χ0) is 17.6. The van der Waals surface area contributed by atoms with E-state index in [1.807, 2.05) is 0 Å². The number of rotatable bonds is 6. The molecule has 2 heterocycles. The van der Waals surface area contributed by atoms with E-state index in [4.69, 9.17) is 4.74 Å². The number of nitrogens with one attached hydrogen (secondary N) is 1. The minimum absolute atomic E-state index is 0.0478. The summed E-state index contributed by atoms with van der Waals surface area (Å²) in [5.41, 5.74) is -2.55. The predicted octanol–water partition coefficient (Wildman–Crippen LogP) is 0.305. The van der Waals surface area contributed by atoms with Crippen molar-refractivity contribution in [2.45, 2.75) is 63.4 Å². The molecule has 0 unspecified atom stereocenters. The number of aliphatic hydroxyl groups excluding tert-OH is 2. The number of hydrogen-bond donors (Lipinski definition) is 3. The second-order valence-corrected chi connectivity index (χ2v) is 5.99. The number of aromatic amines is 1. The van der Waals surface area contributed by atoms with Crippen LogP contribution in [0.3, 0.4) is 0 Å². The topological polar surface area (TPSA) is 105 Å². The normalized spacial score (nSPS) is 26.1. The zero-order valence-electron chi connectivity index (χ0n) is 13.8. The molecule has 1 aliphatic rings. The number of ether oxygens (including phenoxy) is 1. The second kappa shape index (κ2) is 8.29. The smallest absolute Gasteiger partial charge is 0.331 e. The zero-order valence-corrected chi connectivity index (χ0v) is 13.8. The Morgan fingerprint density at radius 2 is 2.21 bits per heavy atom. The van der Waals surface area contributed by atoms with Gasteiger partial charge in [0.1, 0.15) is 6.10 Å². The number of H-pyrrole nitrogens is 1. The van der Waals surface area contributed by atoms with E-state index in [-0.39, 0.29) is 13.0 Å². The Labute approximate surface area is 140 Å². The molecule has 0 bridgehead atoms. The molecule has 0 aliphatic carbocycles. The molecular weight excluding hydrogens is 312 g/mol. The molecule has 1 aromatic heterocycles. The van der Waals surface area contributed by atoms with Gasteiger partial charge in [0.15, 0.2) is 0 Å². The van der Waals surface area contributed by atoms with Crippen LogP contribution < -0.4 is 11.2 Å². The van der Waals surface area contributed by atoms with Crippen molar-refractivity contribution in [3.63, 3.8) is 0 Å². The molecule has 3 N–H and O–H groups in total. The third kappa shape index (κ3) is 4.15. The van der Waals surface area contributed by atoms with Crippen LogP contribution in [0.15, 0.2) is 21.9 Å². The van der Waals surface area contributed by atoms with Crippen molar-refractivity contribution in [2.24, 2.45) is 0 Å². The standard InChI is InChI=1S/C17H24N2O5/c1-2-3-4-5-6-7-9-17(11-13(21)14(12-20)24-17)19-10-8-15(22)18-16(19)23/h8,10,13-14,20-21H,2-6,11-12H2,1H3,(H,18,22,23)/t13-,14+,17+/m0/s1. The summed E-state index contributed by atoms with van der Waals surface area (Å²) in [6.45, 7) is 1.76. The fourth-order valence-corrected chi connectivity index (χ4v) is 2.79. The lowest BCUT2D eigenvalue weighted by Gasteiger charge is -2.25. The number of nitrogens with zero attached hydrogens (tertiary/aromatic N) is 1. The molecule has 3 atom stereocenters. The van der Waals surface area contributed by atoms with E-state index in [0.717, 1.165) is 25.7 Å². The summed E-state index contributed by atoms with van der Waals surface area (Å²) in [6, 6.07) is 1.20. The summed E-state index contributed by atoms with van der Waals surface area (Å²) in [4.78, 5) is 25.6. The van der Waals surface area contributed by atoms with Crippen LogP contribution in [0.2, 0.25) is 0 Å². The molecule has 1 fully saturated rings. The van der Waals surface area contributed by atoms with E-state index in [1.165, 1.54) is 16.8 Å². The molecular formula is C17H24N2O5. The SMILES string of the molecule is CCCCCCC#C[C@]1(n2ccc(=O)[nH]c2=O)C[C@H](O)[C@@H](CO)O1. The maximum absolute atomic E-state index is 12.1. The summed E-state index contributed by atoms with van der Waals surface area (Å²) in [5, 5.41) is 19.4. The van der Waals surface area contributed by atoms with Gasteiger partial charge in [-0.25, -0.2) is 4.79 Å². The molecule has 1 saturated heterocycles. The van der Waals surface area contributed by atoms with Gasteiger partial charge in [-0.3, -0.25) is 14.3 Å². The summed E-state index contributed by atoms with van der Waals surface area (Å²) < 4.78 is 6.89. The van der Waals surface area contributed by atoms with Gasteiger partial charge in [-0.15, -0.1) is 0 Å². The van der Waals surface area contributed by atoms with Crippen LogP contribution in [0.1, 0.15) is 45.4 Å². The molecule has 0 radical (unpaired) electrons. The third-order valence-corrected chi connectivity index (χ3v) is 4.09. The minimum Gasteiger partial charge on any atom is -0.394 e. The minimum atomic E-state index is -1.38. The molecule has 7 nitrogen and oxygen atoms in total. The fraction of sp³-hybridized carbons (Fsp3) is 0.647. The van der Waals surface area contributed by atoms with Crippen LogP contribution in [-0.4, -0.2) is 38.6 Å². The average Bonchev–Trinajstić information content (AvgIpc) is 2.87. The highest BCUT2D eigenvalue weighted by atomic mass is 16.6. The van der Waals surface area contributed by atoms with Crippen molar-refractivity contribution in [1.82, 2.24) is 9.55 Å². The predicted molar refractivity (Wildman–Crippen MR) is 88.4 cm³/mol. The van der Waals surface area contributed by atoms with Crippen molar-refractivity contribution < 1.29 is 14.9 Å². The first kappa shape index (κ1) is 18.5. The van der Waals surface area contributed by atoms with Crippen molar-refractivity contribution in [2.75, 3.05) is 6.61 Å². The van der Waals surface area contributed by atoms with Crippen LogP contribution in [0.4, 0.5) is 0 Å². The molecule has 1 aliphatic heterocycles. The van der Waals surface area contributed by atoms with E-state index >= 15 is 0 Å². The van der Waals surface area contributed by atoms with Gasteiger partial charge in [-0.2, -0.15) is 0 Å². The molecule has 0 aromatic carbocycles. The molecule has 132 valence electrons. The quantitative estimate of drug-likeness (QED) is 0.512. The van der Waals surface area contributed by atoms with E-state index < -0.39 is 29.2 Å². The van der Waals surface area contributed by atoms with E-state index in [9.17, 15) is 19.8 Å². The monoisotopic (exact) mass is 336 g/mol. The van der Waals surface area contributed by atoms with Gasteiger partial charge in [-0.05, 0) is 12.3 Å². The number of unbranched alkanes of at least 4 members (excludes halogenated alkanes) is 4.